The zero-order valence-corrected chi connectivity index (χ0v) is 10.1. The van der Waals surface area contributed by atoms with Crippen molar-refractivity contribution in [1.82, 2.24) is 5.32 Å². The summed E-state index contributed by atoms with van der Waals surface area (Å²) in [5.74, 6) is -0.442. The van der Waals surface area contributed by atoms with Gasteiger partial charge in [0.05, 0.1) is 6.61 Å². The molecule has 2 nitrogen and oxygen atoms in total. The van der Waals surface area contributed by atoms with E-state index in [-0.39, 0.29) is 11.5 Å². The molecule has 1 aromatic carbocycles. The molecule has 0 aromatic heterocycles. The normalized spacial score (nSPS) is 14.8. The molecule has 0 bridgehead atoms. The minimum atomic E-state index is -0.497. The Kier molecular flexibility index (Phi) is 4.70. The Balaban J connectivity index is 2.70. The summed E-state index contributed by atoms with van der Waals surface area (Å²) in [4.78, 5) is 0.259. The van der Waals surface area contributed by atoms with Gasteiger partial charge < -0.3 is 10.4 Å². The van der Waals surface area contributed by atoms with E-state index in [9.17, 15) is 8.78 Å². The summed E-state index contributed by atoms with van der Waals surface area (Å²) in [6.45, 7) is 1.75. The minimum Gasteiger partial charge on any atom is -0.394 e. The first-order valence-electron chi connectivity index (χ1n) is 4.88. The second-order valence-electron chi connectivity index (χ2n) is 3.83. The molecule has 0 spiro atoms. The molecule has 1 atom stereocenters. The topological polar surface area (TPSA) is 32.3 Å². The van der Waals surface area contributed by atoms with Crippen molar-refractivity contribution in [3.63, 3.8) is 0 Å². The van der Waals surface area contributed by atoms with Crippen LogP contribution in [0.25, 0.3) is 0 Å². The standard InChI is InChI=1S/C11H15F2NOS/c1-11(6-15,14-2)7-16-10-5-8(12)3-4-9(10)13/h3-5,14-15H,6-7H2,1-2H3. The lowest BCUT2D eigenvalue weighted by molar-refractivity contribution is 0.200. The SMILES string of the molecule is CNC(C)(CO)CSc1cc(F)ccc1F. The molecule has 90 valence electrons. The highest BCUT2D eigenvalue weighted by molar-refractivity contribution is 7.99. The van der Waals surface area contributed by atoms with Crippen LogP contribution in [-0.2, 0) is 0 Å². The number of aliphatic hydroxyl groups is 1. The van der Waals surface area contributed by atoms with Crippen molar-refractivity contribution in [2.24, 2.45) is 0 Å². The molecule has 16 heavy (non-hydrogen) atoms. The van der Waals surface area contributed by atoms with Crippen LogP contribution in [-0.4, -0.2) is 30.1 Å². The maximum Gasteiger partial charge on any atom is 0.136 e. The second kappa shape index (κ2) is 5.61. The molecule has 0 amide bonds. The van der Waals surface area contributed by atoms with Gasteiger partial charge >= 0.3 is 0 Å². The fourth-order valence-electron chi connectivity index (χ4n) is 1.02. The van der Waals surface area contributed by atoms with Gasteiger partial charge in [0.2, 0.25) is 0 Å². The van der Waals surface area contributed by atoms with E-state index in [1.807, 2.05) is 6.92 Å². The first-order valence-corrected chi connectivity index (χ1v) is 5.87. The first kappa shape index (κ1) is 13.4. The number of hydrogen-bond donors (Lipinski definition) is 2. The van der Waals surface area contributed by atoms with Gasteiger partial charge in [0.1, 0.15) is 11.6 Å². The Morgan fingerprint density at radius 3 is 2.69 bits per heavy atom. The van der Waals surface area contributed by atoms with Crippen molar-refractivity contribution < 1.29 is 13.9 Å². The van der Waals surface area contributed by atoms with Crippen molar-refractivity contribution in [2.45, 2.75) is 17.4 Å². The van der Waals surface area contributed by atoms with Crippen LogP contribution in [0.1, 0.15) is 6.92 Å². The zero-order valence-electron chi connectivity index (χ0n) is 9.26. The zero-order chi connectivity index (χ0) is 12.2. The molecule has 1 aromatic rings. The van der Waals surface area contributed by atoms with Gasteiger partial charge in [-0.2, -0.15) is 0 Å². The van der Waals surface area contributed by atoms with E-state index >= 15 is 0 Å². The van der Waals surface area contributed by atoms with Crippen LogP contribution in [0.5, 0.6) is 0 Å². The third-order valence-electron chi connectivity index (χ3n) is 2.39. The van der Waals surface area contributed by atoms with Gasteiger partial charge in [0.15, 0.2) is 0 Å². The maximum atomic E-state index is 13.3. The van der Waals surface area contributed by atoms with Crippen molar-refractivity contribution in [3.8, 4) is 0 Å². The van der Waals surface area contributed by atoms with Gasteiger partial charge in [-0.05, 0) is 32.2 Å². The monoisotopic (exact) mass is 247 g/mol. The molecule has 0 saturated heterocycles. The van der Waals surface area contributed by atoms with Gasteiger partial charge in [-0.1, -0.05) is 0 Å². The van der Waals surface area contributed by atoms with E-state index in [0.717, 1.165) is 18.2 Å². The van der Waals surface area contributed by atoms with E-state index in [2.05, 4.69) is 5.32 Å². The van der Waals surface area contributed by atoms with Crippen LogP contribution in [0.2, 0.25) is 0 Å². The van der Waals surface area contributed by atoms with E-state index in [1.54, 1.807) is 7.05 Å². The molecule has 0 aliphatic carbocycles. The van der Waals surface area contributed by atoms with E-state index in [4.69, 9.17) is 5.11 Å². The summed E-state index contributed by atoms with van der Waals surface area (Å²) in [6.07, 6.45) is 0. The highest BCUT2D eigenvalue weighted by Gasteiger charge is 2.21. The number of benzene rings is 1. The highest BCUT2D eigenvalue weighted by Crippen LogP contribution is 2.25. The number of hydrogen-bond acceptors (Lipinski definition) is 3. The van der Waals surface area contributed by atoms with Gasteiger partial charge in [-0.25, -0.2) is 8.78 Å². The van der Waals surface area contributed by atoms with Crippen LogP contribution in [0.15, 0.2) is 23.1 Å². The lowest BCUT2D eigenvalue weighted by Gasteiger charge is -2.26. The van der Waals surface area contributed by atoms with Crippen LogP contribution in [0.4, 0.5) is 8.78 Å². The molecule has 0 heterocycles. The average Bonchev–Trinajstić information content (AvgIpc) is 2.30. The molecular weight excluding hydrogens is 232 g/mol. The molecule has 2 N–H and O–H groups in total. The first-order chi connectivity index (χ1) is 7.50. The van der Waals surface area contributed by atoms with Gasteiger partial charge in [0.25, 0.3) is 0 Å². The van der Waals surface area contributed by atoms with Crippen LogP contribution in [0, 0.1) is 11.6 Å². The molecular formula is C11H15F2NOS. The molecule has 0 aliphatic heterocycles. The van der Waals surface area contributed by atoms with Crippen LogP contribution < -0.4 is 5.32 Å². The number of halogens is 2. The fraction of sp³-hybridized carbons (Fsp3) is 0.455. The van der Waals surface area contributed by atoms with Gasteiger partial charge in [-0.3, -0.25) is 0 Å². The average molecular weight is 247 g/mol. The number of nitrogens with one attached hydrogen (secondary N) is 1. The summed E-state index contributed by atoms with van der Waals surface area (Å²) < 4.78 is 26.2. The number of aliphatic hydroxyl groups excluding tert-OH is 1. The van der Waals surface area contributed by atoms with Crippen molar-refractivity contribution in [2.75, 3.05) is 19.4 Å². The molecule has 0 radical (unpaired) electrons. The smallest absolute Gasteiger partial charge is 0.136 e. The van der Waals surface area contributed by atoms with Gasteiger partial charge in [-0.15, -0.1) is 11.8 Å². The minimum absolute atomic E-state index is 0.0621. The van der Waals surface area contributed by atoms with Gasteiger partial charge in [0, 0.05) is 16.2 Å². The number of likely N-dealkylation sites (N-methyl/N-ethyl adjacent to an activating group) is 1. The molecule has 0 saturated carbocycles. The molecule has 1 unspecified atom stereocenters. The molecule has 1 rings (SSSR count). The van der Waals surface area contributed by atoms with Crippen molar-refractivity contribution in [1.29, 1.82) is 0 Å². The lowest BCUT2D eigenvalue weighted by atomic mass is 10.1. The van der Waals surface area contributed by atoms with Crippen molar-refractivity contribution in [3.05, 3.63) is 29.8 Å². The summed E-state index contributed by atoms with van der Waals surface area (Å²) in [5, 5.41) is 12.1. The third-order valence-corrected chi connectivity index (χ3v) is 3.80. The molecule has 5 heteroatoms. The largest absolute Gasteiger partial charge is 0.394 e. The Morgan fingerprint density at radius 1 is 1.44 bits per heavy atom. The Hall–Kier alpha value is -0.650. The quantitative estimate of drug-likeness (QED) is 0.781. The highest BCUT2D eigenvalue weighted by atomic mass is 32.2. The fourth-order valence-corrected chi connectivity index (χ4v) is 2.13. The molecule has 0 fully saturated rings. The lowest BCUT2D eigenvalue weighted by Crippen LogP contribution is -2.45. The summed E-state index contributed by atoms with van der Waals surface area (Å²) in [5.41, 5.74) is -0.497. The van der Waals surface area contributed by atoms with Crippen LogP contribution in [0.3, 0.4) is 0 Å². The molecule has 0 aliphatic rings. The van der Waals surface area contributed by atoms with E-state index in [1.165, 1.54) is 11.8 Å². The number of rotatable bonds is 5. The predicted octanol–water partition coefficient (Wildman–Crippen LogP) is 2.03. The van der Waals surface area contributed by atoms with E-state index in [0.29, 0.717) is 5.75 Å². The summed E-state index contributed by atoms with van der Waals surface area (Å²) in [7, 11) is 1.72. The van der Waals surface area contributed by atoms with Crippen LogP contribution >= 0.6 is 11.8 Å². The van der Waals surface area contributed by atoms with E-state index < -0.39 is 17.2 Å². The number of thioether (sulfide) groups is 1. The summed E-state index contributed by atoms with van der Waals surface area (Å²) in [6, 6.07) is 3.35. The predicted molar refractivity (Wildman–Crippen MR) is 61.6 cm³/mol. The summed E-state index contributed by atoms with van der Waals surface area (Å²) >= 11 is 1.18. The third kappa shape index (κ3) is 3.43. The Bertz CT molecular complexity index is 356. The van der Waals surface area contributed by atoms with Crippen molar-refractivity contribution >= 4 is 11.8 Å². The maximum absolute atomic E-state index is 13.3. The Morgan fingerprint density at radius 2 is 2.12 bits per heavy atom. The Labute approximate surface area is 98.1 Å². The second-order valence-corrected chi connectivity index (χ2v) is 4.85.